The Kier molecular flexibility index (Phi) is 4.33. The number of hydrogen-bond acceptors (Lipinski definition) is 3. The SMILES string of the molecule is COc1ccc(Cl)cc1C(=O)c1cc(Br)c(Cl)s1. The van der Waals surface area contributed by atoms with Crippen molar-refractivity contribution >= 4 is 56.3 Å². The molecule has 0 aliphatic carbocycles. The summed E-state index contributed by atoms with van der Waals surface area (Å²) >= 11 is 16.3. The fraction of sp³-hybridized carbons (Fsp3) is 0.0833. The smallest absolute Gasteiger partial charge is 0.206 e. The molecule has 0 bridgehead atoms. The van der Waals surface area contributed by atoms with E-state index in [1.807, 2.05) is 0 Å². The van der Waals surface area contributed by atoms with Crippen molar-refractivity contribution in [3.63, 3.8) is 0 Å². The molecule has 2 nitrogen and oxygen atoms in total. The Bertz CT molecular complexity index is 591. The van der Waals surface area contributed by atoms with Gasteiger partial charge < -0.3 is 4.74 Å². The molecule has 0 aliphatic heterocycles. The van der Waals surface area contributed by atoms with Crippen LogP contribution in [0.2, 0.25) is 9.36 Å². The van der Waals surface area contributed by atoms with Gasteiger partial charge in [-0.1, -0.05) is 23.2 Å². The fourth-order valence-electron chi connectivity index (χ4n) is 1.45. The normalized spacial score (nSPS) is 10.4. The summed E-state index contributed by atoms with van der Waals surface area (Å²) in [6.45, 7) is 0. The van der Waals surface area contributed by atoms with E-state index in [0.717, 1.165) is 0 Å². The zero-order valence-electron chi connectivity index (χ0n) is 9.17. The third-order valence-electron chi connectivity index (χ3n) is 2.28. The Balaban J connectivity index is 2.48. The second-order valence-corrected chi connectivity index (χ2v) is 6.35. The molecule has 0 unspecified atom stereocenters. The Morgan fingerprint density at radius 1 is 1.33 bits per heavy atom. The predicted octanol–water partition coefficient (Wildman–Crippen LogP) is 5.06. The maximum atomic E-state index is 12.3. The minimum absolute atomic E-state index is 0.160. The van der Waals surface area contributed by atoms with Gasteiger partial charge in [0, 0.05) is 9.50 Å². The summed E-state index contributed by atoms with van der Waals surface area (Å²) in [6, 6.07) is 6.62. The van der Waals surface area contributed by atoms with Gasteiger partial charge in [0.05, 0.1) is 17.6 Å². The van der Waals surface area contributed by atoms with Gasteiger partial charge in [-0.25, -0.2) is 0 Å². The molecule has 0 N–H and O–H groups in total. The fourth-order valence-corrected chi connectivity index (χ4v) is 3.28. The van der Waals surface area contributed by atoms with E-state index in [0.29, 0.717) is 30.0 Å². The van der Waals surface area contributed by atoms with E-state index in [4.69, 9.17) is 27.9 Å². The molecule has 0 amide bonds. The van der Waals surface area contributed by atoms with E-state index in [9.17, 15) is 4.79 Å². The average Bonchev–Trinajstić information content (AvgIpc) is 2.68. The molecule has 1 aromatic carbocycles. The van der Waals surface area contributed by atoms with Crippen molar-refractivity contribution in [3.05, 3.63) is 48.5 Å². The Hall–Kier alpha value is -0.550. The number of carbonyl (C=O) groups excluding carboxylic acids is 1. The lowest BCUT2D eigenvalue weighted by Crippen LogP contribution is -2.01. The molecule has 6 heteroatoms. The van der Waals surface area contributed by atoms with Gasteiger partial charge in [0.15, 0.2) is 0 Å². The summed E-state index contributed by atoms with van der Waals surface area (Å²) in [5.74, 6) is 0.331. The zero-order valence-corrected chi connectivity index (χ0v) is 13.1. The molecule has 2 rings (SSSR count). The van der Waals surface area contributed by atoms with Crippen LogP contribution in [0.4, 0.5) is 0 Å². The van der Waals surface area contributed by atoms with Crippen molar-refractivity contribution in [2.75, 3.05) is 7.11 Å². The molecule has 1 aromatic heterocycles. The summed E-state index contributed by atoms with van der Waals surface area (Å²) in [6.07, 6.45) is 0. The molecule has 0 atom stereocenters. The lowest BCUT2D eigenvalue weighted by molar-refractivity contribution is 0.103. The van der Waals surface area contributed by atoms with Crippen molar-refractivity contribution in [2.45, 2.75) is 0 Å². The third kappa shape index (κ3) is 2.72. The molecule has 0 saturated carbocycles. The number of methoxy groups -OCH3 is 1. The lowest BCUT2D eigenvalue weighted by Gasteiger charge is -2.06. The number of carbonyl (C=O) groups is 1. The number of hydrogen-bond donors (Lipinski definition) is 0. The first-order valence-corrected chi connectivity index (χ1v) is 7.22. The number of rotatable bonds is 3. The molecule has 0 spiro atoms. The van der Waals surface area contributed by atoms with Gasteiger partial charge in [0.25, 0.3) is 0 Å². The number of thiophene rings is 1. The van der Waals surface area contributed by atoms with Crippen LogP contribution in [0.5, 0.6) is 5.75 Å². The predicted molar refractivity (Wildman–Crippen MR) is 78.5 cm³/mol. The van der Waals surface area contributed by atoms with Crippen molar-refractivity contribution in [2.24, 2.45) is 0 Å². The van der Waals surface area contributed by atoms with Gasteiger partial charge in [-0.15, -0.1) is 11.3 Å². The topological polar surface area (TPSA) is 26.3 Å². The summed E-state index contributed by atoms with van der Waals surface area (Å²) in [7, 11) is 1.51. The second-order valence-electron chi connectivity index (χ2n) is 3.41. The number of benzene rings is 1. The number of halogens is 3. The molecular weight excluding hydrogens is 359 g/mol. The molecule has 94 valence electrons. The standard InChI is InChI=1S/C12H7BrCl2O2S/c1-17-9-3-2-6(14)4-7(9)11(16)10-5-8(13)12(15)18-10/h2-5H,1H3. The van der Waals surface area contributed by atoms with Gasteiger partial charge in [0.2, 0.25) is 5.78 Å². The largest absolute Gasteiger partial charge is 0.496 e. The molecule has 0 aliphatic rings. The highest BCUT2D eigenvalue weighted by Crippen LogP contribution is 2.35. The minimum Gasteiger partial charge on any atom is -0.496 e. The van der Waals surface area contributed by atoms with E-state index in [1.165, 1.54) is 18.4 Å². The monoisotopic (exact) mass is 364 g/mol. The highest BCUT2D eigenvalue weighted by molar-refractivity contribution is 9.10. The van der Waals surface area contributed by atoms with E-state index >= 15 is 0 Å². The molecule has 0 radical (unpaired) electrons. The van der Waals surface area contributed by atoms with E-state index in [1.54, 1.807) is 24.3 Å². The van der Waals surface area contributed by atoms with Gasteiger partial charge in [0.1, 0.15) is 10.1 Å². The number of ether oxygens (including phenoxy) is 1. The highest BCUT2D eigenvalue weighted by Gasteiger charge is 2.18. The highest BCUT2D eigenvalue weighted by atomic mass is 79.9. The summed E-state index contributed by atoms with van der Waals surface area (Å²) < 4.78 is 6.41. The Morgan fingerprint density at radius 3 is 2.61 bits per heavy atom. The first kappa shape index (κ1) is 13.9. The van der Waals surface area contributed by atoms with Crippen LogP contribution in [-0.2, 0) is 0 Å². The van der Waals surface area contributed by atoms with Crippen molar-refractivity contribution < 1.29 is 9.53 Å². The van der Waals surface area contributed by atoms with Crippen molar-refractivity contribution in [1.82, 2.24) is 0 Å². The quantitative estimate of drug-likeness (QED) is 0.711. The third-order valence-corrected chi connectivity index (χ3v) is 4.98. The van der Waals surface area contributed by atoms with Crippen molar-refractivity contribution in [3.8, 4) is 5.75 Å². The van der Waals surface area contributed by atoms with Gasteiger partial charge in [-0.2, -0.15) is 0 Å². The van der Waals surface area contributed by atoms with E-state index < -0.39 is 0 Å². The number of ketones is 1. The molecule has 18 heavy (non-hydrogen) atoms. The molecule has 0 fully saturated rings. The van der Waals surface area contributed by atoms with Gasteiger partial charge in [-0.3, -0.25) is 4.79 Å². The van der Waals surface area contributed by atoms with E-state index in [-0.39, 0.29) is 5.78 Å². The maximum Gasteiger partial charge on any atom is 0.206 e. The second kappa shape index (κ2) is 5.61. The first-order chi connectivity index (χ1) is 8.52. The van der Waals surface area contributed by atoms with Crippen LogP contribution in [-0.4, -0.2) is 12.9 Å². The van der Waals surface area contributed by atoms with E-state index in [2.05, 4.69) is 15.9 Å². The van der Waals surface area contributed by atoms with Crippen LogP contribution in [0.3, 0.4) is 0 Å². The van der Waals surface area contributed by atoms with Gasteiger partial charge in [-0.05, 0) is 40.2 Å². The van der Waals surface area contributed by atoms with Crippen LogP contribution in [0.15, 0.2) is 28.7 Å². The minimum atomic E-state index is -0.160. The Morgan fingerprint density at radius 2 is 2.06 bits per heavy atom. The first-order valence-electron chi connectivity index (χ1n) is 4.86. The van der Waals surface area contributed by atoms with Crippen LogP contribution >= 0.6 is 50.5 Å². The van der Waals surface area contributed by atoms with Crippen LogP contribution < -0.4 is 4.74 Å². The van der Waals surface area contributed by atoms with Gasteiger partial charge >= 0.3 is 0 Å². The maximum absolute atomic E-state index is 12.3. The van der Waals surface area contributed by atoms with Crippen LogP contribution in [0, 0.1) is 0 Å². The van der Waals surface area contributed by atoms with Crippen molar-refractivity contribution in [1.29, 1.82) is 0 Å². The average molecular weight is 366 g/mol. The summed E-state index contributed by atoms with van der Waals surface area (Å²) in [4.78, 5) is 12.9. The summed E-state index contributed by atoms with van der Waals surface area (Å²) in [5.41, 5.74) is 0.426. The summed E-state index contributed by atoms with van der Waals surface area (Å²) in [5, 5.41) is 0.487. The van der Waals surface area contributed by atoms with Crippen LogP contribution in [0.1, 0.15) is 15.2 Å². The molecule has 0 saturated heterocycles. The molecular formula is C12H7BrCl2O2S. The Labute approximate surface area is 127 Å². The lowest BCUT2D eigenvalue weighted by atomic mass is 10.1. The molecule has 2 aromatic rings. The zero-order chi connectivity index (χ0) is 13.3. The molecule has 1 heterocycles. The van der Waals surface area contributed by atoms with Crippen LogP contribution in [0.25, 0.3) is 0 Å².